The van der Waals surface area contributed by atoms with E-state index in [1.807, 2.05) is 0 Å². The van der Waals surface area contributed by atoms with Gasteiger partial charge in [0, 0.05) is 0 Å². The van der Waals surface area contributed by atoms with Crippen LogP contribution in [0.5, 0.6) is 0 Å². The van der Waals surface area contributed by atoms with Crippen molar-refractivity contribution in [2.45, 2.75) is 30.7 Å². The molecule has 4 heteroatoms. The highest BCUT2D eigenvalue weighted by Crippen LogP contribution is 2.39. The first-order chi connectivity index (χ1) is 8.05. The highest BCUT2D eigenvalue weighted by Gasteiger charge is 2.43. The van der Waals surface area contributed by atoms with Crippen LogP contribution in [0.3, 0.4) is 0 Å². The topological polar surface area (TPSA) is 52.3 Å². The van der Waals surface area contributed by atoms with E-state index >= 15 is 0 Å². The first-order valence-corrected chi connectivity index (χ1v) is 5.99. The second kappa shape index (κ2) is 4.53. The standard InChI is InChI=1S/C13H18BNO2/c1-17-12(16)13(15)7-6-10(8-13)9-2-4-11(14)5-3-9/h2-5,10H,6-8,14-15H2,1H3/t10-,13-/m0/s1. The van der Waals surface area contributed by atoms with Gasteiger partial charge in [0.25, 0.3) is 0 Å². The van der Waals surface area contributed by atoms with E-state index in [9.17, 15) is 4.79 Å². The van der Waals surface area contributed by atoms with Crippen LogP contribution in [0, 0.1) is 0 Å². The molecule has 1 aromatic rings. The van der Waals surface area contributed by atoms with Crippen LogP contribution in [0.25, 0.3) is 0 Å². The highest BCUT2D eigenvalue weighted by atomic mass is 16.5. The maximum atomic E-state index is 11.6. The summed E-state index contributed by atoms with van der Waals surface area (Å²) in [4.78, 5) is 11.6. The summed E-state index contributed by atoms with van der Waals surface area (Å²) >= 11 is 0. The molecule has 17 heavy (non-hydrogen) atoms. The lowest BCUT2D eigenvalue weighted by molar-refractivity contribution is -0.146. The summed E-state index contributed by atoms with van der Waals surface area (Å²) in [6.07, 6.45) is 2.34. The molecule has 1 aliphatic carbocycles. The lowest BCUT2D eigenvalue weighted by atomic mass is 9.89. The summed E-state index contributed by atoms with van der Waals surface area (Å²) < 4.78 is 4.78. The summed E-state index contributed by atoms with van der Waals surface area (Å²) in [5.74, 6) is 0.0896. The summed E-state index contributed by atoms with van der Waals surface area (Å²) in [7, 11) is 3.47. The second-order valence-corrected chi connectivity index (χ2v) is 5.00. The number of carbonyl (C=O) groups excluding carboxylic acids is 1. The second-order valence-electron chi connectivity index (χ2n) is 5.00. The minimum Gasteiger partial charge on any atom is -0.468 e. The van der Waals surface area contributed by atoms with Crippen LogP contribution in [0.4, 0.5) is 0 Å². The fourth-order valence-corrected chi connectivity index (χ4v) is 2.59. The maximum absolute atomic E-state index is 11.6. The molecule has 0 saturated heterocycles. The van der Waals surface area contributed by atoms with E-state index in [0.717, 1.165) is 6.42 Å². The molecule has 2 atom stereocenters. The molecule has 0 aliphatic heterocycles. The molecular weight excluding hydrogens is 213 g/mol. The molecule has 3 nitrogen and oxygen atoms in total. The Balaban J connectivity index is 2.12. The van der Waals surface area contributed by atoms with Gasteiger partial charge in [-0.25, -0.2) is 0 Å². The number of hydrogen-bond acceptors (Lipinski definition) is 3. The van der Waals surface area contributed by atoms with Gasteiger partial charge in [-0.3, -0.25) is 4.79 Å². The van der Waals surface area contributed by atoms with E-state index in [1.165, 1.54) is 18.1 Å². The number of benzene rings is 1. The highest BCUT2D eigenvalue weighted by molar-refractivity contribution is 6.32. The summed E-state index contributed by atoms with van der Waals surface area (Å²) in [6.45, 7) is 0. The van der Waals surface area contributed by atoms with Crippen molar-refractivity contribution in [3.05, 3.63) is 29.8 Å². The number of ether oxygens (including phenoxy) is 1. The molecule has 0 radical (unpaired) electrons. The van der Waals surface area contributed by atoms with Crippen LogP contribution in [0.1, 0.15) is 30.7 Å². The van der Waals surface area contributed by atoms with E-state index in [0.29, 0.717) is 18.8 Å². The number of methoxy groups -OCH3 is 1. The van der Waals surface area contributed by atoms with E-state index in [-0.39, 0.29) is 5.97 Å². The van der Waals surface area contributed by atoms with Gasteiger partial charge in [-0.2, -0.15) is 0 Å². The molecule has 2 N–H and O–H groups in total. The lowest BCUT2D eigenvalue weighted by Crippen LogP contribution is -2.46. The third kappa shape index (κ3) is 2.37. The minimum atomic E-state index is -0.787. The van der Waals surface area contributed by atoms with Crippen molar-refractivity contribution in [3.8, 4) is 0 Å². The SMILES string of the molecule is Bc1ccc([C@H]2CC[C@@](N)(C(=O)OC)C2)cc1. The molecule has 1 aromatic carbocycles. The predicted molar refractivity (Wildman–Crippen MR) is 70.1 cm³/mol. The number of carbonyl (C=O) groups is 1. The first-order valence-electron chi connectivity index (χ1n) is 5.99. The molecule has 2 rings (SSSR count). The van der Waals surface area contributed by atoms with Crippen LogP contribution in [0.15, 0.2) is 24.3 Å². The molecule has 0 bridgehead atoms. The summed E-state index contributed by atoms with van der Waals surface area (Å²) in [6, 6.07) is 8.46. The van der Waals surface area contributed by atoms with E-state index in [1.54, 1.807) is 0 Å². The molecular formula is C13H18BNO2. The van der Waals surface area contributed by atoms with E-state index in [4.69, 9.17) is 10.5 Å². The van der Waals surface area contributed by atoms with Gasteiger partial charge in [0.05, 0.1) is 7.11 Å². The Bertz CT molecular complexity index is 418. The Morgan fingerprint density at radius 3 is 2.71 bits per heavy atom. The van der Waals surface area contributed by atoms with Gasteiger partial charge in [-0.1, -0.05) is 29.7 Å². The fraction of sp³-hybridized carbons (Fsp3) is 0.462. The Kier molecular flexibility index (Phi) is 3.25. The number of nitrogens with two attached hydrogens (primary N) is 1. The zero-order chi connectivity index (χ0) is 12.5. The Labute approximate surface area is 103 Å². The zero-order valence-electron chi connectivity index (χ0n) is 10.4. The van der Waals surface area contributed by atoms with Crippen molar-refractivity contribution in [1.29, 1.82) is 0 Å². The Hall–Kier alpha value is -1.29. The fourth-order valence-electron chi connectivity index (χ4n) is 2.59. The normalized spacial score (nSPS) is 28.0. The minimum absolute atomic E-state index is 0.285. The number of rotatable bonds is 2. The van der Waals surface area contributed by atoms with Crippen LogP contribution >= 0.6 is 0 Å². The Morgan fingerprint density at radius 2 is 2.12 bits per heavy atom. The van der Waals surface area contributed by atoms with Crippen molar-refractivity contribution in [3.63, 3.8) is 0 Å². The molecule has 1 fully saturated rings. The predicted octanol–water partition coefficient (Wildman–Crippen LogP) is 0.0830. The third-order valence-electron chi connectivity index (χ3n) is 3.69. The first kappa shape index (κ1) is 12.2. The van der Waals surface area contributed by atoms with Crippen molar-refractivity contribution in [2.24, 2.45) is 5.73 Å². The van der Waals surface area contributed by atoms with Crippen LogP contribution in [-0.4, -0.2) is 26.5 Å². The van der Waals surface area contributed by atoms with Gasteiger partial charge >= 0.3 is 5.97 Å². The molecule has 0 amide bonds. The average molecular weight is 231 g/mol. The van der Waals surface area contributed by atoms with E-state index < -0.39 is 5.54 Å². The quantitative estimate of drug-likeness (QED) is 0.579. The Morgan fingerprint density at radius 1 is 1.47 bits per heavy atom. The van der Waals surface area contributed by atoms with Crippen molar-refractivity contribution in [1.82, 2.24) is 0 Å². The van der Waals surface area contributed by atoms with Gasteiger partial charge < -0.3 is 10.5 Å². The van der Waals surface area contributed by atoms with Crippen molar-refractivity contribution in [2.75, 3.05) is 7.11 Å². The molecule has 0 unspecified atom stereocenters. The van der Waals surface area contributed by atoms with Gasteiger partial charge in [-0.05, 0) is 30.7 Å². The van der Waals surface area contributed by atoms with Gasteiger partial charge in [0.2, 0.25) is 0 Å². The van der Waals surface area contributed by atoms with Gasteiger partial charge in [0.15, 0.2) is 0 Å². The smallest absolute Gasteiger partial charge is 0.325 e. The molecule has 90 valence electrons. The van der Waals surface area contributed by atoms with Gasteiger partial charge in [-0.15, -0.1) is 0 Å². The summed E-state index contributed by atoms with van der Waals surface area (Å²) in [5, 5.41) is 0. The number of esters is 1. The third-order valence-corrected chi connectivity index (χ3v) is 3.69. The largest absolute Gasteiger partial charge is 0.468 e. The molecule has 0 heterocycles. The van der Waals surface area contributed by atoms with Crippen LogP contribution < -0.4 is 11.2 Å². The molecule has 1 aliphatic rings. The van der Waals surface area contributed by atoms with Gasteiger partial charge in [0.1, 0.15) is 13.4 Å². The monoisotopic (exact) mass is 231 g/mol. The van der Waals surface area contributed by atoms with Crippen molar-refractivity contribution >= 4 is 19.3 Å². The van der Waals surface area contributed by atoms with E-state index in [2.05, 4.69) is 32.1 Å². The average Bonchev–Trinajstić information content (AvgIpc) is 2.73. The molecule has 1 saturated carbocycles. The van der Waals surface area contributed by atoms with Crippen LogP contribution in [0.2, 0.25) is 0 Å². The lowest BCUT2D eigenvalue weighted by Gasteiger charge is -2.20. The number of hydrogen-bond donors (Lipinski definition) is 1. The van der Waals surface area contributed by atoms with Crippen molar-refractivity contribution < 1.29 is 9.53 Å². The van der Waals surface area contributed by atoms with Crippen LogP contribution in [-0.2, 0) is 9.53 Å². The maximum Gasteiger partial charge on any atom is 0.325 e. The molecule has 0 aromatic heterocycles. The zero-order valence-corrected chi connectivity index (χ0v) is 10.4. The molecule has 0 spiro atoms. The summed E-state index contributed by atoms with van der Waals surface area (Å²) in [5.41, 5.74) is 7.83.